The molecule has 3 aliphatic heterocycles. The van der Waals surface area contributed by atoms with Crippen LogP contribution in [0.4, 0.5) is 0 Å². The number of ether oxygens (including phenoxy) is 1. The molecule has 1 aliphatic carbocycles. The van der Waals surface area contributed by atoms with Crippen LogP contribution in [0.1, 0.15) is 57.4 Å². The maximum Gasteiger partial charge on any atom is 0.116 e. The molecule has 3 saturated heterocycles. The minimum Gasteiger partial charge on any atom is -0.382 e. The van der Waals surface area contributed by atoms with Crippen LogP contribution >= 0.6 is 0 Å². The molecule has 0 aromatic heterocycles. The number of hydrogen-bond acceptors (Lipinski definition) is 3. The number of aliphatic hydroxyl groups is 1. The van der Waals surface area contributed by atoms with Gasteiger partial charge in [0.1, 0.15) is 5.60 Å². The minimum atomic E-state index is -0.831. The standard InChI is InChI=1S/C22H33NO2/c1-2-20-21(17-12-14-23(20)15-13-17)25-16-22(24,19-10-6-7-11-19)18-8-4-3-5-9-18/h3-5,8-9,17,19-21,24H,2,6-7,10-16H2,1H3. The largest absolute Gasteiger partial charge is 0.382 e. The van der Waals surface area contributed by atoms with Crippen molar-refractivity contribution in [3.05, 3.63) is 35.9 Å². The van der Waals surface area contributed by atoms with Gasteiger partial charge in [-0.25, -0.2) is 0 Å². The molecule has 3 heterocycles. The second kappa shape index (κ2) is 7.38. The molecule has 4 aliphatic rings. The van der Waals surface area contributed by atoms with Crippen molar-refractivity contribution in [1.82, 2.24) is 4.90 Å². The molecule has 1 aromatic rings. The summed E-state index contributed by atoms with van der Waals surface area (Å²) in [6.45, 7) is 5.19. The molecule has 3 atom stereocenters. The van der Waals surface area contributed by atoms with Crippen molar-refractivity contribution in [3.63, 3.8) is 0 Å². The molecule has 5 rings (SSSR count). The summed E-state index contributed by atoms with van der Waals surface area (Å²) < 4.78 is 6.56. The van der Waals surface area contributed by atoms with Gasteiger partial charge in [-0.1, -0.05) is 50.1 Å². The van der Waals surface area contributed by atoms with E-state index in [0.29, 0.717) is 30.6 Å². The van der Waals surface area contributed by atoms with E-state index in [2.05, 4.69) is 24.0 Å². The molecule has 4 fully saturated rings. The third-order valence-electron chi connectivity index (χ3n) is 7.11. The minimum absolute atomic E-state index is 0.296. The Morgan fingerprint density at radius 2 is 1.76 bits per heavy atom. The third kappa shape index (κ3) is 3.27. The van der Waals surface area contributed by atoms with E-state index in [-0.39, 0.29) is 0 Å². The fourth-order valence-corrected chi connectivity index (χ4v) is 5.63. The first-order chi connectivity index (χ1) is 12.2. The van der Waals surface area contributed by atoms with Gasteiger partial charge in [-0.15, -0.1) is 0 Å². The Kier molecular flexibility index (Phi) is 5.17. The zero-order valence-corrected chi connectivity index (χ0v) is 15.6. The Morgan fingerprint density at radius 1 is 1.08 bits per heavy atom. The van der Waals surface area contributed by atoms with Gasteiger partial charge < -0.3 is 9.84 Å². The van der Waals surface area contributed by atoms with E-state index in [9.17, 15) is 5.11 Å². The molecule has 3 nitrogen and oxygen atoms in total. The molecule has 1 aromatic carbocycles. The smallest absolute Gasteiger partial charge is 0.116 e. The van der Waals surface area contributed by atoms with E-state index in [4.69, 9.17) is 4.74 Å². The number of nitrogens with zero attached hydrogens (tertiary/aromatic N) is 1. The summed E-state index contributed by atoms with van der Waals surface area (Å²) in [5.74, 6) is 1.01. The first-order valence-corrected chi connectivity index (χ1v) is 10.4. The van der Waals surface area contributed by atoms with Crippen molar-refractivity contribution in [3.8, 4) is 0 Å². The highest BCUT2D eigenvalue weighted by molar-refractivity contribution is 5.24. The monoisotopic (exact) mass is 343 g/mol. The third-order valence-corrected chi connectivity index (χ3v) is 7.11. The van der Waals surface area contributed by atoms with Crippen LogP contribution in [-0.2, 0) is 10.3 Å². The maximum atomic E-state index is 11.7. The number of fused-ring (bicyclic) bond motifs is 3. The van der Waals surface area contributed by atoms with Crippen LogP contribution in [-0.4, -0.2) is 41.8 Å². The van der Waals surface area contributed by atoms with E-state index in [1.54, 1.807) is 0 Å². The summed E-state index contributed by atoms with van der Waals surface area (Å²) in [6.07, 6.45) is 8.66. The molecule has 3 heteroatoms. The molecule has 0 radical (unpaired) electrons. The lowest BCUT2D eigenvalue weighted by atomic mass is 9.78. The summed E-state index contributed by atoms with van der Waals surface area (Å²) in [5.41, 5.74) is 0.207. The van der Waals surface area contributed by atoms with Crippen molar-refractivity contribution in [2.45, 2.75) is 69.6 Å². The number of hydrogen-bond donors (Lipinski definition) is 1. The molecule has 138 valence electrons. The van der Waals surface area contributed by atoms with Crippen LogP contribution < -0.4 is 0 Å². The van der Waals surface area contributed by atoms with Gasteiger partial charge in [0, 0.05) is 6.04 Å². The first kappa shape index (κ1) is 17.5. The number of piperidine rings is 3. The number of benzene rings is 1. The van der Waals surface area contributed by atoms with E-state index < -0.39 is 5.60 Å². The van der Waals surface area contributed by atoms with Crippen LogP contribution in [0.5, 0.6) is 0 Å². The lowest BCUT2D eigenvalue weighted by molar-refractivity contribution is -0.163. The molecule has 0 spiro atoms. The van der Waals surface area contributed by atoms with Crippen LogP contribution in [0.25, 0.3) is 0 Å². The molecular formula is C22H33NO2. The predicted molar refractivity (Wildman–Crippen MR) is 100 cm³/mol. The zero-order valence-electron chi connectivity index (χ0n) is 15.6. The topological polar surface area (TPSA) is 32.7 Å². The van der Waals surface area contributed by atoms with Crippen molar-refractivity contribution in [2.75, 3.05) is 19.7 Å². The average Bonchev–Trinajstić information content (AvgIpc) is 3.23. The zero-order chi connectivity index (χ0) is 17.3. The highest BCUT2D eigenvalue weighted by Gasteiger charge is 2.45. The highest BCUT2D eigenvalue weighted by atomic mass is 16.5. The van der Waals surface area contributed by atoms with E-state index >= 15 is 0 Å². The van der Waals surface area contributed by atoms with E-state index in [1.807, 2.05) is 18.2 Å². The SMILES string of the molecule is CCC1C(OCC(O)(c2ccccc2)C2CCCC2)C2CCN1CC2. The quantitative estimate of drug-likeness (QED) is 0.849. The first-order valence-electron chi connectivity index (χ1n) is 10.4. The summed E-state index contributed by atoms with van der Waals surface area (Å²) in [4.78, 5) is 2.61. The molecule has 1 N–H and O–H groups in total. The van der Waals surface area contributed by atoms with Crippen LogP contribution in [0, 0.1) is 11.8 Å². The average molecular weight is 344 g/mol. The summed E-state index contributed by atoms with van der Waals surface area (Å²) in [7, 11) is 0. The van der Waals surface area contributed by atoms with Crippen molar-refractivity contribution in [2.24, 2.45) is 11.8 Å². The molecular weight excluding hydrogens is 310 g/mol. The molecule has 0 amide bonds. The Labute approximate surface area is 152 Å². The fraction of sp³-hybridized carbons (Fsp3) is 0.727. The Bertz CT molecular complexity index is 548. The Balaban J connectivity index is 1.53. The molecule has 25 heavy (non-hydrogen) atoms. The second-order valence-electron chi connectivity index (χ2n) is 8.40. The second-order valence-corrected chi connectivity index (χ2v) is 8.40. The van der Waals surface area contributed by atoms with Crippen LogP contribution in [0.2, 0.25) is 0 Å². The van der Waals surface area contributed by atoms with Gasteiger partial charge >= 0.3 is 0 Å². The highest BCUT2D eigenvalue weighted by Crippen LogP contribution is 2.42. The summed E-state index contributed by atoms with van der Waals surface area (Å²) >= 11 is 0. The van der Waals surface area contributed by atoms with Gasteiger partial charge in [0.25, 0.3) is 0 Å². The van der Waals surface area contributed by atoms with Crippen molar-refractivity contribution < 1.29 is 9.84 Å². The molecule has 1 saturated carbocycles. The normalized spacial score (nSPS) is 35.0. The van der Waals surface area contributed by atoms with Gasteiger partial charge in [0.15, 0.2) is 0 Å². The van der Waals surface area contributed by atoms with Crippen molar-refractivity contribution in [1.29, 1.82) is 0 Å². The van der Waals surface area contributed by atoms with Gasteiger partial charge in [0.2, 0.25) is 0 Å². The maximum absolute atomic E-state index is 11.7. The van der Waals surface area contributed by atoms with Gasteiger partial charge in [-0.2, -0.15) is 0 Å². The lowest BCUT2D eigenvalue weighted by Crippen LogP contribution is -2.59. The number of rotatable bonds is 6. The van der Waals surface area contributed by atoms with E-state index in [0.717, 1.165) is 24.8 Å². The van der Waals surface area contributed by atoms with Gasteiger partial charge in [-0.3, -0.25) is 4.90 Å². The fourth-order valence-electron chi connectivity index (χ4n) is 5.63. The van der Waals surface area contributed by atoms with Crippen LogP contribution in [0.3, 0.4) is 0 Å². The molecule has 2 bridgehead atoms. The van der Waals surface area contributed by atoms with Gasteiger partial charge in [0.05, 0.1) is 12.7 Å². The lowest BCUT2D eigenvalue weighted by Gasteiger charge is -2.51. The summed E-state index contributed by atoms with van der Waals surface area (Å²) in [6, 6.07) is 10.8. The van der Waals surface area contributed by atoms with Crippen molar-refractivity contribution >= 4 is 0 Å². The Morgan fingerprint density at radius 3 is 2.40 bits per heavy atom. The van der Waals surface area contributed by atoms with Gasteiger partial charge in [-0.05, 0) is 62.6 Å². The van der Waals surface area contributed by atoms with Crippen LogP contribution in [0.15, 0.2) is 30.3 Å². The van der Waals surface area contributed by atoms with E-state index in [1.165, 1.54) is 38.8 Å². The molecule has 3 unspecified atom stereocenters. The Hall–Kier alpha value is -0.900. The summed E-state index contributed by atoms with van der Waals surface area (Å²) in [5, 5.41) is 11.7. The predicted octanol–water partition coefficient (Wildman–Crippen LogP) is 3.95.